The first kappa shape index (κ1) is 14.1. The second-order valence-corrected chi connectivity index (χ2v) is 5.51. The Morgan fingerprint density at radius 2 is 1.89 bits per heavy atom. The highest BCUT2D eigenvalue weighted by molar-refractivity contribution is 9.10. The van der Waals surface area contributed by atoms with Gasteiger partial charge in [-0.3, -0.25) is 4.79 Å². The van der Waals surface area contributed by atoms with E-state index in [1.165, 1.54) is 0 Å². The van der Waals surface area contributed by atoms with Crippen molar-refractivity contribution in [3.63, 3.8) is 0 Å². The molecule has 1 N–H and O–H groups in total. The monoisotopic (exact) mass is 337 g/mol. The van der Waals surface area contributed by atoms with Gasteiger partial charge >= 0.3 is 0 Å². The summed E-state index contributed by atoms with van der Waals surface area (Å²) in [7, 11) is 0. The first-order valence-corrected chi connectivity index (χ1v) is 7.06. The van der Waals surface area contributed by atoms with E-state index in [1.54, 1.807) is 6.07 Å². The minimum Gasteiger partial charge on any atom is -0.326 e. The molecule has 2 nitrogen and oxygen atoms in total. The van der Waals surface area contributed by atoms with Gasteiger partial charge in [0, 0.05) is 10.2 Å². The van der Waals surface area contributed by atoms with Crippen molar-refractivity contribution >= 4 is 39.1 Å². The van der Waals surface area contributed by atoms with Crippen LogP contribution in [0.25, 0.3) is 0 Å². The number of nitrogens with one attached hydrogen (secondary N) is 1. The first-order valence-electron chi connectivity index (χ1n) is 5.89. The largest absolute Gasteiger partial charge is 0.326 e. The van der Waals surface area contributed by atoms with E-state index >= 15 is 0 Å². The number of anilines is 1. The summed E-state index contributed by atoms with van der Waals surface area (Å²) in [4.78, 5) is 12.1. The molecule has 0 saturated heterocycles. The average molecular weight is 339 g/mol. The molecule has 0 aliphatic carbocycles. The summed E-state index contributed by atoms with van der Waals surface area (Å²) < 4.78 is 0.809. The van der Waals surface area contributed by atoms with E-state index in [-0.39, 0.29) is 11.8 Å². The van der Waals surface area contributed by atoms with Crippen molar-refractivity contribution in [2.75, 3.05) is 5.32 Å². The second-order valence-electron chi connectivity index (χ2n) is 4.25. The van der Waals surface area contributed by atoms with Crippen LogP contribution in [0.3, 0.4) is 0 Å². The van der Waals surface area contributed by atoms with Crippen molar-refractivity contribution in [3.8, 4) is 0 Å². The van der Waals surface area contributed by atoms with Gasteiger partial charge < -0.3 is 5.32 Å². The lowest BCUT2D eigenvalue weighted by atomic mass is 10.0. The van der Waals surface area contributed by atoms with Crippen LogP contribution in [0.15, 0.2) is 53.0 Å². The predicted molar refractivity (Wildman–Crippen MR) is 82.6 cm³/mol. The number of hydrogen-bond acceptors (Lipinski definition) is 1. The maximum atomic E-state index is 12.1. The number of benzene rings is 2. The van der Waals surface area contributed by atoms with Crippen LogP contribution in [0.4, 0.5) is 5.69 Å². The second kappa shape index (κ2) is 6.22. The lowest BCUT2D eigenvalue weighted by Gasteiger charge is -2.13. The summed E-state index contributed by atoms with van der Waals surface area (Å²) in [6.07, 6.45) is 0. The van der Waals surface area contributed by atoms with Gasteiger partial charge in [0.25, 0.3) is 0 Å². The minimum atomic E-state index is -0.205. The molecule has 0 fully saturated rings. The van der Waals surface area contributed by atoms with Gasteiger partial charge in [0.2, 0.25) is 5.91 Å². The SMILES string of the molecule is CC(C(=O)Nc1ccc(Br)c(Cl)c1)c1ccccc1. The molecule has 0 aliphatic heterocycles. The molecule has 4 heteroatoms. The van der Waals surface area contributed by atoms with Crippen LogP contribution >= 0.6 is 27.5 Å². The Morgan fingerprint density at radius 1 is 1.21 bits per heavy atom. The molecule has 0 heterocycles. The minimum absolute atomic E-state index is 0.0513. The van der Waals surface area contributed by atoms with E-state index in [0.717, 1.165) is 10.0 Å². The molecule has 1 amide bonds. The summed E-state index contributed by atoms with van der Waals surface area (Å²) in [6.45, 7) is 1.88. The molecule has 0 aromatic heterocycles. The third kappa shape index (κ3) is 3.58. The standard InChI is InChI=1S/C15H13BrClNO/c1-10(11-5-3-2-4-6-11)15(19)18-12-7-8-13(16)14(17)9-12/h2-10H,1H3,(H,18,19). The van der Waals surface area contributed by atoms with Gasteiger partial charge in [-0.25, -0.2) is 0 Å². The molecule has 1 atom stereocenters. The van der Waals surface area contributed by atoms with Gasteiger partial charge in [-0.2, -0.15) is 0 Å². The molecular formula is C15H13BrClNO. The predicted octanol–water partition coefficient (Wildman–Crippen LogP) is 4.84. The maximum absolute atomic E-state index is 12.1. The number of halogens is 2. The van der Waals surface area contributed by atoms with Gasteiger partial charge in [0.15, 0.2) is 0 Å². The average Bonchev–Trinajstić information content (AvgIpc) is 2.43. The molecule has 0 bridgehead atoms. The van der Waals surface area contributed by atoms with Crippen molar-refractivity contribution in [3.05, 3.63) is 63.6 Å². The Kier molecular flexibility index (Phi) is 4.61. The van der Waals surface area contributed by atoms with Gasteiger partial charge in [0.05, 0.1) is 10.9 Å². The molecule has 98 valence electrons. The van der Waals surface area contributed by atoms with E-state index in [0.29, 0.717) is 10.7 Å². The van der Waals surface area contributed by atoms with E-state index in [2.05, 4.69) is 21.2 Å². The molecule has 0 spiro atoms. The zero-order valence-electron chi connectivity index (χ0n) is 10.4. The van der Waals surface area contributed by atoms with Crippen molar-refractivity contribution in [2.45, 2.75) is 12.8 Å². The fraction of sp³-hybridized carbons (Fsp3) is 0.133. The van der Waals surface area contributed by atoms with Crippen LogP contribution in [-0.4, -0.2) is 5.91 Å². The van der Waals surface area contributed by atoms with Crippen LogP contribution in [0, 0.1) is 0 Å². The summed E-state index contributed by atoms with van der Waals surface area (Å²) in [5.74, 6) is -0.256. The number of amides is 1. The van der Waals surface area contributed by atoms with Gasteiger partial charge in [-0.1, -0.05) is 41.9 Å². The molecule has 19 heavy (non-hydrogen) atoms. The molecule has 0 saturated carbocycles. The van der Waals surface area contributed by atoms with Crippen molar-refractivity contribution in [1.82, 2.24) is 0 Å². The fourth-order valence-corrected chi connectivity index (χ4v) is 2.14. The quantitative estimate of drug-likeness (QED) is 0.852. The molecule has 2 rings (SSSR count). The Hall–Kier alpha value is -1.32. The normalized spacial score (nSPS) is 11.9. The zero-order chi connectivity index (χ0) is 13.8. The van der Waals surface area contributed by atoms with Gasteiger partial charge in [-0.15, -0.1) is 0 Å². The summed E-state index contributed by atoms with van der Waals surface area (Å²) in [5.41, 5.74) is 1.68. The Bertz CT molecular complexity index is 586. The van der Waals surface area contributed by atoms with Crippen LogP contribution in [0.1, 0.15) is 18.4 Å². The lowest BCUT2D eigenvalue weighted by Crippen LogP contribution is -2.18. The zero-order valence-corrected chi connectivity index (χ0v) is 12.7. The molecule has 2 aromatic carbocycles. The summed E-state index contributed by atoms with van der Waals surface area (Å²) in [5, 5.41) is 3.44. The molecular weight excluding hydrogens is 326 g/mol. The maximum Gasteiger partial charge on any atom is 0.231 e. The van der Waals surface area contributed by atoms with E-state index in [9.17, 15) is 4.79 Å². The number of carbonyl (C=O) groups is 1. The highest BCUT2D eigenvalue weighted by atomic mass is 79.9. The number of carbonyl (C=O) groups excluding carboxylic acids is 1. The smallest absolute Gasteiger partial charge is 0.231 e. The molecule has 2 aromatic rings. The highest BCUT2D eigenvalue weighted by Crippen LogP contribution is 2.26. The topological polar surface area (TPSA) is 29.1 Å². The summed E-state index contributed by atoms with van der Waals surface area (Å²) in [6, 6.07) is 15.0. The third-order valence-corrected chi connectivity index (χ3v) is 4.11. The van der Waals surface area contributed by atoms with Gasteiger partial charge in [0.1, 0.15) is 0 Å². The van der Waals surface area contributed by atoms with E-state index in [1.807, 2.05) is 49.4 Å². The molecule has 0 radical (unpaired) electrons. The highest BCUT2D eigenvalue weighted by Gasteiger charge is 2.15. The third-order valence-electron chi connectivity index (χ3n) is 2.88. The lowest BCUT2D eigenvalue weighted by molar-refractivity contribution is -0.117. The Labute approximate surface area is 125 Å². The summed E-state index contributed by atoms with van der Waals surface area (Å²) >= 11 is 9.31. The van der Waals surface area contributed by atoms with Crippen molar-refractivity contribution in [2.24, 2.45) is 0 Å². The number of rotatable bonds is 3. The van der Waals surface area contributed by atoms with Crippen molar-refractivity contribution < 1.29 is 4.79 Å². The fourth-order valence-electron chi connectivity index (χ4n) is 1.72. The van der Waals surface area contributed by atoms with Crippen molar-refractivity contribution in [1.29, 1.82) is 0 Å². The first-order chi connectivity index (χ1) is 9.08. The molecule has 1 unspecified atom stereocenters. The molecule has 0 aliphatic rings. The Balaban J connectivity index is 2.10. The van der Waals surface area contributed by atoms with Gasteiger partial charge in [-0.05, 0) is 46.6 Å². The number of hydrogen-bond donors (Lipinski definition) is 1. The van der Waals surface area contributed by atoms with Crippen LogP contribution in [-0.2, 0) is 4.79 Å². The van der Waals surface area contributed by atoms with E-state index < -0.39 is 0 Å². The van der Waals surface area contributed by atoms with Crippen LogP contribution < -0.4 is 5.32 Å². The van der Waals surface area contributed by atoms with E-state index in [4.69, 9.17) is 11.6 Å². The Morgan fingerprint density at radius 3 is 2.53 bits per heavy atom. The van der Waals surface area contributed by atoms with Crippen LogP contribution in [0.5, 0.6) is 0 Å². The van der Waals surface area contributed by atoms with Crippen LogP contribution in [0.2, 0.25) is 5.02 Å².